The van der Waals surface area contributed by atoms with Crippen LogP contribution < -0.4 is 5.32 Å². The van der Waals surface area contributed by atoms with Crippen molar-refractivity contribution in [2.75, 3.05) is 0 Å². The summed E-state index contributed by atoms with van der Waals surface area (Å²) < 4.78 is 0. The highest BCUT2D eigenvalue weighted by atomic mass is 16.3. The molecular formula is C12H15NO2. The number of aromatic hydroxyl groups is 1. The van der Waals surface area contributed by atoms with Crippen molar-refractivity contribution in [2.45, 2.75) is 31.7 Å². The summed E-state index contributed by atoms with van der Waals surface area (Å²) in [5, 5.41) is 12.0. The van der Waals surface area contributed by atoms with E-state index in [0.29, 0.717) is 12.5 Å². The molecule has 1 aromatic carbocycles. The molecule has 0 bridgehead atoms. The Bertz CT molecular complexity index is 341. The molecular weight excluding hydrogens is 190 g/mol. The van der Waals surface area contributed by atoms with Crippen LogP contribution in [0, 0.1) is 0 Å². The number of hydrogen-bond acceptors (Lipinski definition) is 2. The molecule has 1 aliphatic carbocycles. The minimum atomic E-state index is 0.130. The Kier molecular flexibility index (Phi) is 2.90. The molecule has 1 aromatic rings. The number of amides is 1. The highest BCUT2D eigenvalue weighted by Crippen LogP contribution is 2.19. The monoisotopic (exact) mass is 205 g/mol. The van der Waals surface area contributed by atoms with Gasteiger partial charge < -0.3 is 10.4 Å². The molecule has 0 radical (unpaired) electrons. The van der Waals surface area contributed by atoms with E-state index >= 15 is 0 Å². The summed E-state index contributed by atoms with van der Waals surface area (Å²) in [6.45, 7) is 0. The number of rotatable bonds is 4. The van der Waals surface area contributed by atoms with Crippen LogP contribution in [-0.4, -0.2) is 17.1 Å². The topological polar surface area (TPSA) is 49.3 Å². The van der Waals surface area contributed by atoms with E-state index < -0.39 is 0 Å². The SMILES string of the molecule is O=C(CCc1ccc(O)cc1)NC1CC1. The lowest BCUT2D eigenvalue weighted by molar-refractivity contribution is -0.121. The molecule has 0 spiro atoms. The first kappa shape index (κ1) is 10.0. The van der Waals surface area contributed by atoms with Crippen molar-refractivity contribution in [2.24, 2.45) is 0 Å². The van der Waals surface area contributed by atoms with Crippen LogP contribution in [0.5, 0.6) is 5.75 Å². The second-order valence-corrected chi connectivity index (χ2v) is 4.01. The zero-order valence-electron chi connectivity index (χ0n) is 8.57. The molecule has 80 valence electrons. The summed E-state index contributed by atoms with van der Waals surface area (Å²) in [4.78, 5) is 11.4. The number of nitrogens with one attached hydrogen (secondary N) is 1. The maximum Gasteiger partial charge on any atom is 0.220 e. The molecule has 2 N–H and O–H groups in total. The number of aryl methyl sites for hydroxylation is 1. The van der Waals surface area contributed by atoms with Crippen molar-refractivity contribution >= 4 is 5.91 Å². The number of hydrogen-bond donors (Lipinski definition) is 2. The highest BCUT2D eigenvalue weighted by molar-refractivity contribution is 5.76. The van der Waals surface area contributed by atoms with Gasteiger partial charge in [-0.3, -0.25) is 4.79 Å². The third-order valence-electron chi connectivity index (χ3n) is 2.52. The number of carbonyl (C=O) groups is 1. The third-order valence-corrected chi connectivity index (χ3v) is 2.52. The van der Waals surface area contributed by atoms with Gasteiger partial charge in [-0.1, -0.05) is 12.1 Å². The van der Waals surface area contributed by atoms with E-state index in [1.54, 1.807) is 12.1 Å². The van der Waals surface area contributed by atoms with Crippen molar-refractivity contribution in [3.8, 4) is 5.75 Å². The second kappa shape index (κ2) is 4.34. The first-order valence-electron chi connectivity index (χ1n) is 5.31. The van der Waals surface area contributed by atoms with Gasteiger partial charge in [0, 0.05) is 12.5 Å². The summed E-state index contributed by atoms with van der Waals surface area (Å²) in [5.74, 6) is 0.395. The summed E-state index contributed by atoms with van der Waals surface area (Å²) in [7, 11) is 0. The normalized spacial score (nSPS) is 14.9. The molecule has 15 heavy (non-hydrogen) atoms. The second-order valence-electron chi connectivity index (χ2n) is 4.01. The van der Waals surface area contributed by atoms with Gasteiger partial charge in [0.1, 0.15) is 5.75 Å². The van der Waals surface area contributed by atoms with Crippen LogP contribution in [0.2, 0.25) is 0 Å². The van der Waals surface area contributed by atoms with Crippen LogP contribution in [0.4, 0.5) is 0 Å². The molecule has 0 aliphatic heterocycles. The lowest BCUT2D eigenvalue weighted by Crippen LogP contribution is -2.25. The fourth-order valence-electron chi connectivity index (χ4n) is 1.45. The van der Waals surface area contributed by atoms with Gasteiger partial charge in [-0.05, 0) is 37.0 Å². The molecule has 1 aliphatic rings. The number of carbonyl (C=O) groups excluding carboxylic acids is 1. The molecule has 0 heterocycles. The lowest BCUT2D eigenvalue weighted by atomic mass is 10.1. The number of benzene rings is 1. The Morgan fingerprint density at radius 2 is 2.00 bits per heavy atom. The Balaban J connectivity index is 1.76. The molecule has 1 amide bonds. The van der Waals surface area contributed by atoms with Crippen LogP contribution in [-0.2, 0) is 11.2 Å². The number of phenolic OH excluding ortho intramolecular Hbond substituents is 1. The summed E-state index contributed by atoms with van der Waals surface area (Å²) >= 11 is 0. The Hall–Kier alpha value is -1.51. The highest BCUT2D eigenvalue weighted by Gasteiger charge is 2.22. The van der Waals surface area contributed by atoms with Crippen molar-refractivity contribution < 1.29 is 9.90 Å². The molecule has 0 saturated heterocycles. The maximum absolute atomic E-state index is 11.4. The lowest BCUT2D eigenvalue weighted by Gasteiger charge is -2.03. The van der Waals surface area contributed by atoms with E-state index in [0.717, 1.165) is 24.8 Å². The molecule has 0 unspecified atom stereocenters. The Morgan fingerprint density at radius 3 is 2.60 bits per heavy atom. The Morgan fingerprint density at radius 1 is 1.33 bits per heavy atom. The van der Waals surface area contributed by atoms with Crippen LogP contribution in [0.15, 0.2) is 24.3 Å². The zero-order chi connectivity index (χ0) is 10.7. The molecule has 3 heteroatoms. The average molecular weight is 205 g/mol. The van der Waals surface area contributed by atoms with Gasteiger partial charge in [-0.25, -0.2) is 0 Å². The molecule has 3 nitrogen and oxygen atoms in total. The van der Waals surface area contributed by atoms with Crippen LogP contribution in [0.3, 0.4) is 0 Å². The molecule has 1 fully saturated rings. The predicted octanol–water partition coefficient (Wildman–Crippen LogP) is 1.60. The minimum Gasteiger partial charge on any atom is -0.508 e. The standard InChI is InChI=1S/C12H15NO2/c14-11-6-1-9(2-7-11)3-8-12(15)13-10-4-5-10/h1-2,6-7,10,14H,3-5,8H2,(H,13,15). The fourth-order valence-corrected chi connectivity index (χ4v) is 1.45. The molecule has 1 saturated carbocycles. The Labute approximate surface area is 89.1 Å². The smallest absolute Gasteiger partial charge is 0.220 e. The predicted molar refractivity (Wildman–Crippen MR) is 57.6 cm³/mol. The van der Waals surface area contributed by atoms with Crippen LogP contribution in [0.25, 0.3) is 0 Å². The van der Waals surface area contributed by atoms with Gasteiger partial charge in [0.25, 0.3) is 0 Å². The maximum atomic E-state index is 11.4. The summed E-state index contributed by atoms with van der Waals surface area (Å²) in [6, 6.07) is 7.43. The zero-order valence-corrected chi connectivity index (χ0v) is 8.57. The van der Waals surface area contributed by atoms with Gasteiger partial charge in [-0.15, -0.1) is 0 Å². The van der Waals surface area contributed by atoms with Crippen molar-refractivity contribution in [3.63, 3.8) is 0 Å². The van der Waals surface area contributed by atoms with E-state index in [-0.39, 0.29) is 11.7 Å². The minimum absolute atomic E-state index is 0.130. The van der Waals surface area contributed by atoms with Crippen molar-refractivity contribution in [1.82, 2.24) is 5.32 Å². The fraction of sp³-hybridized carbons (Fsp3) is 0.417. The van der Waals surface area contributed by atoms with Gasteiger partial charge in [0.05, 0.1) is 0 Å². The van der Waals surface area contributed by atoms with Crippen LogP contribution in [0.1, 0.15) is 24.8 Å². The van der Waals surface area contributed by atoms with Gasteiger partial charge in [0.15, 0.2) is 0 Å². The summed E-state index contributed by atoms with van der Waals surface area (Å²) in [5.41, 5.74) is 1.08. The first-order chi connectivity index (χ1) is 7.24. The van der Waals surface area contributed by atoms with E-state index in [1.807, 2.05) is 12.1 Å². The quantitative estimate of drug-likeness (QED) is 0.784. The van der Waals surface area contributed by atoms with Gasteiger partial charge in [0.2, 0.25) is 5.91 Å². The molecule has 2 rings (SSSR count). The van der Waals surface area contributed by atoms with E-state index in [9.17, 15) is 4.79 Å². The van der Waals surface area contributed by atoms with Crippen molar-refractivity contribution in [1.29, 1.82) is 0 Å². The van der Waals surface area contributed by atoms with Gasteiger partial charge >= 0.3 is 0 Å². The molecule has 0 aromatic heterocycles. The van der Waals surface area contributed by atoms with E-state index in [4.69, 9.17) is 5.11 Å². The van der Waals surface area contributed by atoms with Crippen molar-refractivity contribution in [3.05, 3.63) is 29.8 Å². The molecule has 0 atom stereocenters. The van der Waals surface area contributed by atoms with E-state index in [2.05, 4.69) is 5.32 Å². The first-order valence-corrected chi connectivity index (χ1v) is 5.31. The summed E-state index contributed by atoms with van der Waals surface area (Å²) in [6.07, 6.45) is 3.52. The third kappa shape index (κ3) is 3.27. The average Bonchev–Trinajstić information content (AvgIpc) is 3.01. The van der Waals surface area contributed by atoms with E-state index in [1.165, 1.54) is 0 Å². The largest absolute Gasteiger partial charge is 0.508 e. The number of phenols is 1. The van der Waals surface area contributed by atoms with Gasteiger partial charge in [-0.2, -0.15) is 0 Å². The van der Waals surface area contributed by atoms with Crippen LogP contribution >= 0.6 is 0 Å².